The van der Waals surface area contributed by atoms with Gasteiger partial charge in [-0.2, -0.15) is 0 Å². The van der Waals surface area contributed by atoms with Gasteiger partial charge in [-0.1, -0.05) is 90.4 Å². The Morgan fingerprint density at radius 2 is 0.826 bits per heavy atom. The van der Waals surface area contributed by atoms with Crippen LogP contribution in [0.2, 0.25) is 0 Å². The molecule has 0 rings (SSSR count). The van der Waals surface area contributed by atoms with E-state index >= 15 is 0 Å². The highest BCUT2D eigenvalue weighted by Crippen LogP contribution is 2.14. The summed E-state index contributed by atoms with van der Waals surface area (Å²) < 4.78 is 11.1. The highest BCUT2D eigenvalue weighted by atomic mass is 16.7. The van der Waals surface area contributed by atoms with E-state index in [1.807, 2.05) is 13.8 Å². The minimum atomic E-state index is 0.0299. The minimum Gasteiger partial charge on any atom is -0.353 e. The van der Waals surface area contributed by atoms with E-state index in [1.165, 1.54) is 89.9 Å². The maximum Gasteiger partial charge on any atom is 0.157 e. The van der Waals surface area contributed by atoms with Gasteiger partial charge >= 0.3 is 0 Å². The van der Waals surface area contributed by atoms with Crippen LogP contribution in [0.4, 0.5) is 0 Å². The van der Waals surface area contributed by atoms with Crippen molar-refractivity contribution in [3.05, 3.63) is 0 Å². The Morgan fingerprint density at radius 3 is 1.17 bits per heavy atom. The molecule has 0 atom stereocenters. The molecule has 0 saturated heterocycles. The maximum atomic E-state index is 5.57. The van der Waals surface area contributed by atoms with Crippen molar-refractivity contribution in [2.75, 3.05) is 13.2 Å². The zero-order chi connectivity index (χ0) is 17.0. The third-order valence-corrected chi connectivity index (χ3v) is 4.50. The monoisotopic (exact) mass is 328 g/mol. The van der Waals surface area contributed by atoms with Gasteiger partial charge in [0.05, 0.1) is 0 Å². The van der Waals surface area contributed by atoms with Crippen molar-refractivity contribution in [3.8, 4) is 0 Å². The molecule has 0 saturated carbocycles. The van der Waals surface area contributed by atoms with Crippen molar-refractivity contribution in [1.82, 2.24) is 0 Å². The van der Waals surface area contributed by atoms with Crippen LogP contribution >= 0.6 is 0 Å². The van der Waals surface area contributed by atoms with Crippen LogP contribution < -0.4 is 0 Å². The molecular formula is C21H44O2. The summed E-state index contributed by atoms with van der Waals surface area (Å²) >= 11 is 0. The van der Waals surface area contributed by atoms with Gasteiger partial charge in [0.1, 0.15) is 0 Å². The molecule has 0 aromatic carbocycles. The molecule has 0 aliphatic heterocycles. The van der Waals surface area contributed by atoms with Crippen LogP contribution in [0.25, 0.3) is 0 Å². The molecule has 0 fully saturated rings. The highest BCUT2D eigenvalue weighted by Gasteiger charge is 2.06. The zero-order valence-electron chi connectivity index (χ0n) is 16.4. The van der Waals surface area contributed by atoms with E-state index in [0.717, 1.165) is 19.6 Å². The first-order chi connectivity index (χ1) is 11.3. The smallest absolute Gasteiger partial charge is 0.157 e. The molecule has 0 unspecified atom stereocenters. The first-order valence-corrected chi connectivity index (χ1v) is 10.6. The zero-order valence-corrected chi connectivity index (χ0v) is 16.4. The van der Waals surface area contributed by atoms with Crippen molar-refractivity contribution in [2.45, 2.75) is 123 Å². The van der Waals surface area contributed by atoms with Crippen LogP contribution in [0, 0.1) is 0 Å². The van der Waals surface area contributed by atoms with Gasteiger partial charge in [-0.15, -0.1) is 0 Å². The van der Waals surface area contributed by atoms with Gasteiger partial charge in [-0.05, 0) is 26.7 Å². The average Bonchev–Trinajstić information content (AvgIpc) is 2.55. The Hall–Kier alpha value is -0.0800. The van der Waals surface area contributed by atoms with Crippen molar-refractivity contribution in [2.24, 2.45) is 0 Å². The molecular weight excluding hydrogens is 284 g/mol. The molecule has 2 heteroatoms. The minimum absolute atomic E-state index is 0.0299. The lowest BCUT2D eigenvalue weighted by molar-refractivity contribution is -0.140. The van der Waals surface area contributed by atoms with Gasteiger partial charge in [-0.3, -0.25) is 0 Å². The van der Waals surface area contributed by atoms with Crippen LogP contribution in [0.1, 0.15) is 117 Å². The summed E-state index contributed by atoms with van der Waals surface area (Å²) in [5.74, 6) is 0. The van der Waals surface area contributed by atoms with Crippen molar-refractivity contribution in [3.63, 3.8) is 0 Å². The molecule has 0 aromatic rings. The topological polar surface area (TPSA) is 18.5 Å². The molecule has 2 nitrogen and oxygen atoms in total. The van der Waals surface area contributed by atoms with Crippen molar-refractivity contribution >= 4 is 0 Å². The van der Waals surface area contributed by atoms with Crippen molar-refractivity contribution in [1.29, 1.82) is 0 Å². The van der Waals surface area contributed by atoms with Crippen LogP contribution in [-0.2, 0) is 9.47 Å². The molecule has 140 valence electrons. The molecule has 0 aliphatic carbocycles. The largest absolute Gasteiger partial charge is 0.353 e. The summed E-state index contributed by atoms with van der Waals surface area (Å²) in [7, 11) is 0. The predicted molar refractivity (Wildman–Crippen MR) is 102 cm³/mol. The van der Waals surface area contributed by atoms with E-state index in [4.69, 9.17) is 9.47 Å². The molecule has 0 bridgehead atoms. The molecule has 0 N–H and O–H groups in total. The Balaban J connectivity index is 3.15. The number of hydrogen-bond acceptors (Lipinski definition) is 2. The maximum absolute atomic E-state index is 5.57. The van der Waals surface area contributed by atoms with Gasteiger partial charge in [0.2, 0.25) is 0 Å². The first-order valence-electron chi connectivity index (χ1n) is 10.6. The molecule has 0 heterocycles. The second-order valence-electron chi connectivity index (χ2n) is 6.73. The molecule has 23 heavy (non-hydrogen) atoms. The van der Waals surface area contributed by atoms with Crippen LogP contribution in [-0.4, -0.2) is 19.5 Å². The third kappa shape index (κ3) is 18.1. The quantitative estimate of drug-likeness (QED) is 0.183. The highest BCUT2D eigenvalue weighted by molar-refractivity contribution is 4.51. The first kappa shape index (κ1) is 22.9. The van der Waals surface area contributed by atoms with Crippen LogP contribution in [0.5, 0.6) is 0 Å². The SMILES string of the molecule is CCCCCCCCCCCCCCCCC(OCC)OCC. The molecule has 0 aromatic heterocycles. The summed E-state index contributed by atoms with van der Waals surface area (Å²) in [4.78, 5) is 0. The molecule has 0 amide bonds. The number of hydrogen-bond donors (Lipinski definition) is 0. The molecule has 0 spiro atoms. The van der Waals surface area contributed by atoms with Gasteiger partial charge in [0.25, 0.3) is 0 Å². The van der Waals surface area contributed by atoms with Crippen LogP contribution in [0.3, 0.4) is 0 Å². The van der Waals surface area contributed by atoms with Gasteiger partial charge < -0.3 is 9.47 Å². The Bertz CT molecular complexity index is 200. The summed E-state index contributed by atoms with van der Waals surface area (Å²) in [6, 6.07) is 0. The lowest BCUT2D eigenvalue weighted by atomic mass is 10.0. The molecule has 0 radical (unpaired) electrons. The van der Waals surface area contributed by atoms with Crippen molar-refractivity contribution < 1.29 is 9.47 Å². The summed E-state index contributed by atoms with van der Waals surface area (Å²) in [5, 5.41) is 0. The number of ether oxygens (including phenoxy) is 2. The summed E-state index contributed by atoms with van der Waals surface area (Å²) in [6.07, 6.45) is 20.8. The van der Waals surface area contributed by atoms with E-state index in [-0.39, 0.29) is 6.29 Å². The number of rotatable bonds is 19. The van der Waals surface area contributed by atoms with E-state index in [1.54, 1.807) is 0 Å². The van der Waals surface area contributed by atoms with Gasteiger partial charge in [-0.25, -0.2) is 0 Å². The van der Waals surface area contributed by atoms with E-state index in [9.17, 15) is 0 Å². The second-order valence-corrected chi connectivity index (χ2v) is 6.73. The third-order valence-electron chi connectivity index (χ3n) is 4.50. The fraction of sp³-hybridized carbons (Fsp3) is 1.00. The van der Waals surface area contributed by atoms with E-state index in [2.05, 4.69) is 6.92 Å². The second kappa shape index (κ2) is 20.0. The Morgan fingerprint density at radius 1 is 0.478 bits per heavy atom. The average molecular weight is 329 g/mol. The fourth-order valence-corrected chi connectivity index (χ4v) is 3.09. The Labute approximate surface area is 146 Å². The number of unbranched alkanes of at least 4 members (excludes halogenated alkanes) is 13. The lowest BCUT2D eigenvalue weighted by Crippen LogP contribution is -2.17. The Kier molecular flexibility index (Phi) is 19.9. The summed E-state index contributed by atoms with van der Waals surface area (Å²) in [5.41, 5.74) is 0. The predicted octanol–water partition coefficient (Wildman–Crippen LogP) is 7.26. The lowest BCUT2D eigenvalue weighted by Gasteiger charge is -2.16. The van der Waals surface area contributed by atoms with Gasteiger partial charge in [0.15, 0.2) is 6.29 Å². The van der Waals surface area contributed by atoms with E-state index in [0.29, 0.717) is 0 Å². The fourth-order valence-electron chi connectivity index (χ4n) is 3.09. The molecule has 0 aliphatic rings. The van der Waals surface area contributed by atoms with Gasteiger partial charge in [0, 0.05) is 13.2 Å². The normalized spacial score (nSPS) is 11.5. The summed E-state index contributed by atoms with van der Waals surface area (Å²) in [6.45, 7) is 7.87. The van der Waals surface area contributed by atoms with Crippen LogP contribution in [0.15, 0.2) is 0 Å². The van der Waals surface area contributed by atoms with E-state index < -0.39 is 0 Å². The standard InChI is InChI=1S/C21H44O2/c1-4-7-8-9-10-11-12-13-14-15-16-17-18-19-20-21(22-5-2)23-6-3/h21H,4-20H2,1-3H3.